The van der Waals surface area contributed by atoms with Crippen molar-refractivity contribution < 1.29 is 23.9 Å². The third kappa shape index (κ3) is 5.91. The van der Waals surface area contributed by atoms with Gasteiger partial charge in [-0.05, 0) is 68.4 Å². The Balaban J connectivity index is 1.68. The highest BCUT2D eigenvalue weighted by atomic mass is 32.2. The highest BCUT2D eigenvalue weighted by Crippen LogP contribution is 2.34. The molecular formula is C24H26N2O5S. The summed E-state index contributed by atoms with van der Waals surface area (Å²) in [6.07, 6.45) is 2.49. The van der Waals surface area contributed by atoms with Crippen LogP contribution >= 0.6 is 11.8 Å². The van der Waals surface area contributed by atoms with Crippen molar-refractivity contribution in [3.05, 3.63) is 59.0 Å². The molecule has 32 heavy (non-hydrogen) atoms. The summed E-state index contributed by atoms with van der Waals surface area (Å²) in [6, 6.07) is 14.2. The predicted octanol–water partition coefficient (Wildman–Crippen LogP) is 4.94. The van der Waals surface area contributed by atoms with Crippen LogP contribution in [0.3, 0.4) is 0 Å². The molecular weight excluding hydrogens is 428 g/mol. The number of hydrogen-bond donors (Lipinski definition) is 1. The van der Waals surface area contributed by atoms with E-state index < -0.39 is 17.1 Å². The Morgan fingerprint density at radius 3 is 2.53 bits per heavy atom. The topological polar surface area (TPSA) is 84.9 Å². The number of anilines is 1. The molecule has 0 aliphatic carbocycles. The van der Waals surface area contributed by atoms with Crippen molar-refractivity contribution in [3.63, 3.8) is 0 Å². The Hall–Kier alpha value is -3.26. The maximum Gasteiger partial charge on any atom is 0.294 e. The first kappa shape index (κ1) is 23.4. The van der Waals surface area contributed by atoms with Crippen LogP contribution in [-0.2, 0) is 9.59 Å². The van der Waals surface area contributed by atoms with E-state index in [2.05, 4.69) is 5.32 Å². The van der Waals surface area contributed by atoms with E-state index in [1.807, 2.05) is 45.0 Å². The van der Waals surface area contributed by atoms with Crippen molar-refractivity contribution in [2.45, 2.75) is 33.3 Å². The number of nitrogens with zero attached hydrogens (tertiary/aromatic N) is 1. The van der Waals surface area contributed by atoms with Crippen molar-refractivity contribution in [1.82, 2.24) is 4.90 Å². The van der Waals surface area contributed by atoms with Gasteiger partial charge in [-0.3, -0.25) is 19.3 Å². The molecule has 3 rings (SSSR count). The third-order valence-corrected chi connectivity index (χ3v) is 5.64. The number of ether oxygens (including phenoxy) is 2. The van der Waals surface area contributed by atoms with Gasteiger partial charge in [-0.2, -0.15) is 0 Å². The van der Waals surface area contributed by atoms with Gasteiger partial charge in [-0.15, -0.1) is 0 Å². The van der Waals surface area contributed by atoms with Crippen molar-refractivity contribution in [1.29, 1.82) is 0 Å². The summed E-state index contributed by atoms with van der Waals surface area (Å²) in [6.45, 7) is 6.06. The molecule has 0 unspecified atom stereocenters. The van der Waals surface area contributed by atoms with Crippen LogP contribution < -0.4 is 14.8 Å². The van der Waals surface area contributed by atoms with E-state index >= 15 is 0 Å². The number of para-hydroxylation sites is 1. The second kappa shape index (κ2) is 10.9. The highest BCUT2D eigenvalue weighted by Gasteiger charge is 2.36. The van der Waals surface area contributed by atoms with Gasteiger partial charge in [0.2, 0.25) is 5.91 Å². The largest absolute Gasteiger partial charge is 0.494 e. The Morgan fingerprint density at radius 1 is 1.12 bits per heavy atom. The molecule has 0 bridgehead atoms. The summed E-state index contributed by atoms with van der Waals surface area (Å²) < 4.78 is 11.3. The number of carbonyl (C=O) groups excluding carboxylic acids is 3. The smallest absolute Gasteiger partial charge is 0.294 e. The van der Waals surface area contributed by atoms with Gasteiger partial charge in [-0.1, -0.05) is 25.1 Å². The molecule has 1 saturated heterocycles. The average molecular weight is 455 g/mol. The van der Waals surface area contributed by atoms with Crippen LogP contribution in [0.1, 0.15) is 32.8 Å². The molecule has 3 amide bonds. The monoisotopic (exact) mass is 454 g/mol. The molecule has 2 aromatic carbocycles. The van der Waals surface area contributed by atoms with E-state index in [0.717, 1.165) is 23.1 Å². The highest BCUT2D eigenvalue weighted by molar-refractivity contribution is 8.18. The first-order valence-electron chi connectivity index (χ1n) is 10.4. The molecule has 0 radical (unpaired) electrons. The van der Waals surface area contributed by atoms with Crippen LogP contribution in [0, 0.1) is 0 Å². The van der Waals surface area contributed by atoms with Crippen LogP contribution in [0.15, 0.2) is 53.4 Å². The lowest BCUT2D eigenvalue weighted by molar-refractivity contribution is -0.127. The minimum atomic E-state index is -0.500. The van der Waals surface area contributed by atoms with E-state index in [1.165, 1.54) is 0 Å². The summed E-state index contributed by atoms with van der Waals surface area (Å²) in [5.74, 6) is 0.375. The molecule has 1 atom stereocenters. The van der Waals surface area contributed by atoms with E-state index in [-0.39, 0.29) is 17.6 Å². The van der Waals surface area contributed by atoms with Gasteiger partial charge < -0.3 is 14.8 Å². The van der Waals surface area contributed by atoms with Crippen LogP contribution in [0.25, 0.3) is 6.08 Å². The summed E-state index contributed by atoms with van der Waals surface area (Å²) in [7, 11) is 0. The number of carbonyl (C=O) groups is 3. The van der Waals surface area contributed by atoms with Crippen LogP contribution in [0.2, 0.25) is 0 Å². The van der Waals surface area contributed by atoms with Crippen molar-refractivity contribution in [2.75, 3.05) is 18.5 Å². The second-order valence-electron chi connectivity index (χ2n) is 7.15. The SMILES string of the molecule is CCOc1ccc(NC(=O)CN2C(=O)S/C(=C/c3ccccc3O[C@@H](C)CC)C2=O)cc1. The number of nitrogens with one attached hydrogen (secondary N) is 1. The summed E-state index contributed by atoms with van der Waals surface area (Å²) >= 11 is 0.812. The van der Waals surface area contributed by atoms with Crippen LogP contribution in [0.5, 0.6) is 11.5 Å². The van der Waals surface area contributed by atoms with Crippen molar-refractivity contribution in [3.8, 4) is 11.5 Å². The Labute approximate surface area is 191 Å². The van der Waals surface area contributed by atoms with E-state index in [4.69, 9.17) is 9.47 Å². The van der Waals surface area contributed by atoms with Gasteiger partial charge in [0.25, 0.3) is 11.1 Å². The molecule has 0 spiro atoms. The van der Waals surface area contributed by atoms with Gasteiger partial charge in [0.1, 0.15) is 18.0 Å². The Kier molecular flexibility index (Phi) is 7.94. The molecule has 0 saturated carbocycles. The van der Waals surface area contributed by atoms with Gasteiger partial charge >= 0.3 is 0 Å². The van der Waals surface area contributed by atoms with Crippen LogP contribution in [0.4, 0.5) is 10.5 Å². The molecule has 2 aromatic rings. The van der Waals surface area contributed by atoms with Gasteiger partial charge in [-0.25, -0.2) is 0 Å². The maximum atomic E-state index is 12.8. The quantitative estimate of drug-likeness (QED) is 0.541. The number of rotatable bonds is 9. The van der Waals surface area contributed by atoms with E-state index in [9.17, 15) is 14.4 Å². The fourth-order valence-corrected chi connectivity index (χ4v) is 3.76. The Bertz CT molecular complexity index is 1020. The van der Waals surface area contributed by atoms with Crippen molar-refractivity contribution in [2.24, 2.45) is 0 Å². The number of hydrogen-bond acceptors (Lipinski definition) is 6. The van der Waals surface area contributed by atoms with E-state index in [1.54, 1.807) is 30.3 Å². The second-order valence-corrected chi connectivity index (χ2v) is 8.14. The lowest BCUT2D eigenvalue weighted by Gasteiger charge is -2.15. The number of amides is 3. The zero-order chi connectivity index (χ0) is 23.1. The molecule has 1 aliphatic rings. The summed E-state index contributed by atoms with van der Waals surface area (Å²) in [4.78, 5) is 38.8. The van der Waals surface area contributed by atoms with Crippen LogP contribution in [-0.4, -0.2) is 41.2 Å². The molecule has 1 fully saturated rings. The van der Waals surface area contributed by atoms with Gasteiger partial charge in [0.15, 0.2) is 0 Å². The van der Waals surface area contributed by atoms with E-state index in [0.29, 0.717) is 29.4 Å². The predicted molar refractivity (Wildman–Crippen MR) is 126 cm³/mol. The average Bonchev–Trinajstić information content (AvgIpc) is 3.04. The minimum absolute atomic E-state index is 0.0194. The standard InChI is InChI=1S/C24H26N2O5S/c1-4-16(3)31-20-9-7-6-8-17(20)14-21-23(28)26(24(29)32-21)15-22(27)25-18-10-12-19(13-11-18)30-5-2/h6-14,16H,4-5,15H2,1-3H3,(H,25,27)/b21-14+/t16-/m0/s1. The first-order chi connectivity index (χ1) is 15.4. The summed E-state index contributed by atoms with van der Waals surface area (Å²) in [5, 5.41) is 2.21. The van der Waals surface area contributed by atoms with Gasteiger partial charge in [0.05, 0.1) is 17.6 Å². The lowest BCUT2D eigenvalue weighted by Crippen LogP contribution is -2.36. The molecule has 0 aromatic heterocycles. The number of imide groups is 1. The minimum Gasteiger partial charge on any atom is -0.494 e. The molecule has 168 valence electrons. The molecule has 8 heteroatoms. The summed E-state index contributed by atoms with van der Waals surface area (Å²) in [5.41, 5.74) is 1.26. The fraction of sp³-hybridized carbons (Fsp3) is 0.292. The maximum absolute atomic E-state index is 12.8. The molecule has 7 nitrogen and oxygen atoms in total. The normalized spacial score (nSPS) is 15.7. The number of benzene rings is 2. The molecule has 1 heterocycles. The zero-order valence-corrected chi connectivity index (χ0v) is 19.1. The molecule has 1 N–H and O–H groups in total. The lowest BCUT2D eigenvalue weighted by atomic mass is 10.1. The Morgan fingerprint density at radius 2 is 1.84 bits per heavy atom. The first-order valence-corrected chi connectivity index (χ1v) is 11.3. The fourth-order valence-electron chi connectivity index (χ4n) is 2.93. The third-order valence-electron chi connectivity index (χ3n) is 4.73. The van der Waals surface area contributed by atoms with Gasteiger partial charge in [0, 0.05) is 11.3 Å². The zero-order valence-electron chi connectivity index (χ0n) is 18.3. The molecule has 1 aliphatic heterocycles. The number of thioether (sulfide) groups is 1. The van der Waals surface area contributed by atoms with Crippen molar-refractivity contribution >= 4 is 40.6 Å².